The molecule has 7 nitrogen and oxygen atoms in total. The van der Waals surface area contributed by atoms with Gasteiger partial charge in [-0.05, 0) is 24.5 Å². The summed E-state index contributed by atoms with van der Waals surface area (Å²) in [7, 11) is 0. The van der Waals surface area contributed by atoms with Gasteiger partial charge in [0.15, 0.2) is 0 Å². The van der Waals surface area contributed by atoms with Crippen molar-refractivity contribution < 1.29 is 13.9 Å². The number of rotatable bonds is 7. The van der Waals surface area contributed by atoms with Crippen LogP contribution in [0.4, 0.5) is 10.1 Å². The van der Waals surface area contributed by atoms with Crippen molar-refractivity contribution in [3.8, 4) is 0 Å². The van der Waals surface area contributed by atoms with Crippen molar-refractivity contribution in [2.45, 2.75) is 19.4 Å². The van der Waals surface area contributed by atoms with Gasteiger partial charge in [-0.2, -0.15) is 5.10 Å². The van der Waals surface area contributed by atoms with E-state index in [-0.39, 0.29) is 23.8 Å². The van der Waals surface area contributed by atoms with Crippen molar-refractivity contribution in [2.24, 2.45) is 0 Å². The quantitative estimate of drug-likeness (QED) is 0.731. The van der Waals surface area contributed by atoms with Gasteiger partial charge in [-0.25, -0.2) is 9.07 Å². The second kappa shape index (κ2) is 9.27. The first-order chi connectivity index (χ1) is 13.1. The van der Waals surface area contributed by atoms with Gasteiger partial charge in [0.2, 0.25) is 5.91 Å². The van der Waals surface area contributed by atoms with Crippen LogP contribution in [0.15, 0.2) is 41.3 Å². The maximum atomic E-state index is 13.5. The zero-order valence-corrected chi connectivity index (χ0v) is 15.1. The van der Waals surface area contributed by atoms with Crippen molar-refractivity contribution >= 4 is 11.6 Å². The third kappa shape index (κ3) is 5.37. The van der Waals surface area contributed by atoms with Gasteiger partial charge >= 0.3 is 0 Å². The first kappa shape index (κ1) is 19.0. The Hall–Kier alpha value is -2.74. The average Bonchev–Trinajstić information content (AvgIpc) is 2.69. The molecule has 1 aromatic carbocycles. The molecule has 1 fully saturated rings. The minimum Gasteiger partial charge on any atom is -0.378 e. The lowest BCUT2D eigenvalue weighted by Crippen LogP contribution is -2.38. The van der Waals surface area contributed by atoms with Gasteiger partial charge in [0.05, 0.1) is 25.1 Å². The summed E-state index contributed by atoms with van der Waals surface area (Å²) >= 11 is 0. The van der Waals surface area contributed by atoms with Gasteiger partial charge in [0, 0.05) is 25.7 Å². The molecule has 0 bridgehead atoms. The molecule has 8 heteroatoms. The summed E-state index contributed by atoms with van der Waals surface area (Å²) in [4.78, 5) is 26.2. The Balaban J connectivity index is 1.46. The number of amides is 1. The van der Waals surface area contributed by atoms with Crippen LogP contribution in [-0.2, 0) is 22.5 Å². The highest BCUT2D eigenvalue weighted by atomic mass is 19.1. The van der Waals surface area contributed by atoms with Crippen molar-refractivity contribution in [3.05, 3.63) is 58.3 Å². The minimum absolute atomic E-state index is 0.137. The Morgan fingerprint density at radius 1 is 1.26 bits per heavy atom. The summed E-state index contributed by atoms with van der Waals surface area (Å²) < 4.78 is 20.0. The van der Waals surface area contributed by atoms with Gasteiger partial charge in [-0.1, -0.05) is 18.2 Å². The molecular weight excluding hydrogens is 351 g/mol. The van der Waals surface area contributed by atoms with Crippen molar-refractivity contribution in [1.29, 1.82) is 0 Å². The van der Waals surface area contributed by atoms with Crippen LogP contribution >= 0.6 is 0 Å². The summed E-state index contributed by atoms with van der Waals surface area (Å²) in [5.41, 5.74) is 1.05. The third-order valence-electron chi connectivity index (χ3n) is 4.43. The van der Waals surface area contributed by atoms with Gasteiger partial charge in [-0.15, -0.1) is 0 Å². The predicted octanol–water partition coefficient (Wildman–Crippen LogP) is 0.968. The van der Waals surface area contributed by atoms with E-state index in [9.17, 15) is 14.0 Å². The van der Waals surface area contributed by atoms with Crippen LogP contribution in [0.1, 0.15) is 12.0 Å². The molecule has 144 valence electrons. The van der Waals surface area contributed by atoms with Crippen LogP contribution in [-0.4, -0.2) is 48.5 Å². The monoisotopic (exact) mass is 374 g/mol. The fraction of sp³-hybridized carbons (Fsp3) is 0.421. The third-order valence-corrected chi connectivity index (χ3v) is 4.43. The number of halogens is 1. The summed E-state index contributed by atoms with van der Waals surface area (Å²) in [6, 6.07) is 8.08. The number of nitrogens with zero attached hydrogens (tertiary/aromatic N) is 3. The number of morpholine rings is 1. The first-order valence-electron chi connectivity index (χ1n) is 9.03. The number of aryl methyl sites for hydroxylation is 1. The van der Waals surface area contributed by atoms with E-state index in [0.717, 1.165) is 10.4 Å². The van der Waals surface area contributed by atoms with Gasteiger partial charge in [0.25, 0.3) is 5.56 Å². The number of anilines is 1. The Bertz CT molecular complexity index is 834. The van der Waals surface area contributed by atoms with Crippen molar-refractivity contribution in [2.75, 3.05) is 37.7 Å². The van der Waals surface area contributed by atoms with E-state index < -0.39 is 0 Å². The van der Waals surface area contributed by atoms with E-state index in [1.54, 1.807) is 24.4 Å². The molecule has 0 saturated carbocycles. The number of ether oxygens (including phenoxy) is 1. The minimum atomic E-state index is -0.319. The van der Waals surface area contributed by atoms with E-state index in [1.165, 1.54) is 12.1 Å². The largest absolute Gasteiger partial charge is 0.378 e. The fourth-order valence-corrected chi connectivity index (χ4v) is 2.94. The highest BCUT2D eigenvalue weighted by molar-refractivity contribution is 5.75. The molecule has 1 aromatic heterocycles. The molecule has 2 heterocycles. The second-order valence-corrected chi connectivity index (χ2v) is 6.35. The van der Waals surface area contributed by atoms with E-state index in [2.05, 4.69) is 10.4 Å². The molecule has 0 atom stereocenters. The highest BCUT2D eigenvalue weighted by Gasteiger charge is 2.13. The fourth-order valence-electron chi connectivity index (χ4n) is 2.94. The maximum absolute atomic E-state index is 13.5. The average molecular weight is 374 g/mol. The Morgan fingerprint density at radius 3 is 2.78 bits per heavy atom. The molecule has 1 N–H and O–H groups in total. The van der Waals surface area contributed by atoms with E-state index in [4.69, 9.17) is 4.74 Å². The molecule has 1 aliphatic heterocycles. The molecule has 3 rings (SSSR count). The summed E-state index contributed by atoms with van der Waals surface area (Å²) in [6.07, 6.45) is 2.75. The topological polar surface area (TPSA) is 76.5 Å². The molecular formula is C19H23FN4O3. The maximum Gasteiger partial charge on any atom is 0.269 e. The van der Waals surface area contributed by atoms with Crippen LogP contribution in [0, 0.1) is 5.82 Å². The van der Waals surface area contributed by atoms with Crippen LogP contribution in [0.25, 0.3) is 0 Å². The number of benzene rings is 1. The highest BCUT2D eigenvalue weighted by Crippen LogP contribution is 2.11. The molecule has 0 spiro atoms. The standard InChI is InChI=1S/C19H23FN4O3/c20-17-6-2-1-4-15(17)5-3-7-21-18(25)14-24-19(26)12-16(13-22-24)23-8-10-27-11-9-23/h1-2,4,6,12-13H,3,5,7-11,14H2,(H,21,25). The van der Waals surface area contributed by atoms with Gasteiger partial charge in [-0.3, -0.25) is 9.59 Å². The van der Waals surface area contributed by atoms with Gasteiger partial charge in [0.1, 0.15) is 12.4 Å². The number of hydrogen-bond donors (Lipinski definition) is 1. The molecule has 1 aliphatic rings. The van der Waals surface area contributed by atoms with Crippen molar-refractivity contribution in [3.63, 3.8) is 0 Å². The number of hydrogen-bond acceptors (Lipinski definition) is 5. The van der Waals surface area contributed by atoms with Crippen LogP contribution in [0.5, 0.6) is 0 Å². The molecule has 0 unspecified atom stereocenters. The van der Waals surface area contributed by atoms with E-state index in [0.29, 0.717) is 51.3 Å². The Morgan fingerprint density at radius 2 is 2.04 bits per heavy atom. The molecule has 1 saturated heterocycles. The first-order valence-corrected chi connectivity index (χ1v) is 9.03. The van der Waals surface area contributed by atoms with Crippen molar-refractivity contribution in [1.82, 2.24) is 15.1 Å². The lowest BCUT2D eigenvalue weighted by Gasteiger charge is -2.28. The SMILES string of the molecule is O=C(Cn1ncc(N2CCOCC2)cc1=O)NCCCc1ccccc1F. The smallest absolute Gasteiger partial charge is 0.269 e. The number of nitrogens with one attached hydrogen (secondary N) is 1. The predicted molar refractivity (Wildman–Crippen MR) is 99.3 cm³/mol. The number of aromatic nitrogens is 2. The zero-order chi connectivity index (χ0) is 19.1. The summed E-state index contributed by atoms with van der Waals surface area (Å²) in [5, 5.41) is 6.83. The Labute approximate surface area is 156 Å². The second-order valence-electron chi connectivity index (χ2n) is 6.35. The molecule has 27 heavy (non-hydrogen) atoms. The Kier molecular flexibility index (Phi) is 6.54. The van der Waals surface area contributed by atoms with E-state index >= 15 is 0 Å². The van der Waals surface area contributed by atoms with Crippen LogP contribution in [0.2, 0.25) is 0 Å². The number of carbonyl (C=O) groups is 1. The van der Waals surface area contributed by atoms with Gasteiger partial charge < -0.3 is 15.0 Å². The normalized spacial score (nSPS) is 14.2. The molecule has 1 amide bonds. The summed E-state index contributed by atoms with van der Waals surface area (Å²) in [5.74, 6) is -0.530. The lowest BCUT2D eigenvalue weighted by atomic mass is 10.1. The number of carbonyl (C=O) groups excluding carboxylic acids is 1. The summed E-state index contributed by atoms with van der Waals surface area (Å²) in [6.45, 7) is 2.95. The van der Waals surface area contributed by atoms with Crippen LogP contribution in [0.3, 0.4) is 0 Å². The molecule has 0 aliphatic carbocycles. The molecule has 0 radical (unpaired) electrons. The lowest BCUT2D eigenvalue weighted by molar-refractivity contribution is -0.121. The van der Waals surface area contributed by atoms with Crippen LogP contribution < -0.4 is 15.8 Å². The van der Waals surface area contributed by atoms with E-state index in [1.807, 2.05) is 4.90 Å². The zero-order valence-electron chi connectivity index (χ0n) is 15.1. The molecule has 2 aromatic rings.